The van der Waals surface area contributed by atoms with Crippen LogP contribution in [0.4, 0.5) is 24.5 Å². The number of nitriles is 1. The first-order chi connectivity index (χ1) is 14.3. The Morgan fingerprint density at radius 2 is 1.80 bits per heavy atom. The van der Waals surface area contributed by atoms with E-state index in [1.165, 1.54) is 12.1 Å². The Bertz CT molecular complexity index is 910. The number of benzene rings is 2. The van der Waals surface area contributed by atoms with Crippen molar-refractivity contribution in [2.45, 2.75) is 12.8 Å². The SMILES string of the molecule is N#Cc1ccccc1N1CCCN(CC(=O)Nc2ccc(OC(F)(F)F)cc2)CC1. The van der Waals surface area contributed by atoms with E-state index < -0.39 is 6.36 Å². The van der Waals surface area contributed by atoms with Crippen molar-refractivity contribution >= 4 is 17.3 Å². The van der Waals surface area contributed by atoms with Crippen molar-refractivity contribution in [1.82, 2.24) is 4.90 Å². The van der Waals surface area contributed by atoms with Gasteiger partial charge in [0, 0.05) is 31.9 Å². The van der Waals surface area contributed by atoms with Crippen molar-refractivity contribution in [2.75, 3.05) is 42.9 Å². The van der Waals surface area contributed by atoms with Gasteiger partial charge in [0.2, 0.25) is 5.91 Å². The van der Waals surface area contributed by atoms with Gasteiger partial charge in [0.05, 0.1) is 17.8 Å². The number of carbonyl (C=O) groups is 1. The highest BCUT2D eigenvalue weighted by molar-refractivity contribution is 5.92. The lowest BCUT2D eigenvalue weighted by Gasteiger charge is -2.24. The largest absolute Gasteiger partial charge is 0.573 e. The lowest BCUT2D eigenvalue weighted by Crippen LogP contribution is -2.36. The zero-order valence-electron chi connectivity index (χ0n) is 16.2. The van der Waals surface area contributed by atoms with Gasteiger partial charge in [-0.3, -0.25) is 9.69 Å². The summed E-state index contributed by atoms with van der Waals surface area (Å²) in [4.78, 5) is 16.5. The standard InChI is InChI=1S/C21H21F3N4O2/c22-21(23,24)30-18-8-6-17(7-9-18)26-20(29)15-27-10-3-11-28(13-12-27)19-5-2-1-4-16(19)14-25/h1-2,4-9H,3,10-13,15H2,(H,26,29). The first-order valence-electron chi connectivity index (χ1n) is 9.46. The summed E-state index contributed by atoms with van der Waals surface area (Å²) in [6.07, 6.45) is -3.91. The number of halogens is 3. The number of para-hydroxylation sites is 1. The molecule has 1 fully saturated rings. The molecule has 1 amide bonds. The van der Waals surface area contributed by atoms with E-state index in [9.17, 15) is 23.2 Å². The van der Waals surface area contributed by atoms with Gasteiger partial charge in [-0.25, -0.2) is 0 Å². The summed E-state index contributed by atoms with van der Waals surface area (Å²) >= 11 is 0. The second kappa shape index (κ2) is 9.50. The molecule has 158 valence electrons. The molecule has 1 saturated heterocycles. The average molecular weight is 418 g/mol. The fraction of sp³-hybridized carbons (Fsp3) is 0.333. The van der Waals surface area contributed by atoms with E-state index in [-0.39, 0.29) is 18.2 Å². The number of nitrogens with zero attached hydrogens (tertiary/aromatic N) is 3. The molecule has 3 rings (SSSR count). The van der Waals surface area contributed by atoms with Gasteiger partial charge in [0.25, 0.3) is 0 Å². The smallest absolute Gasteiger partial charge is 0.406 e. The van der Waals surface area contributed by atoms with Crippen molar-refractivity contribution in [3.63, 3.8) is 0 Å². The number of rotatable bonds is 5. The van der Waals surface area contributed by atoms with E-state index in [0.717, 1.165) is 37.3 Å². The third-order valence-electron chi connectivity index (χ3n) is 4.69. The minimum atomic E-state index is -4.75. The second-order valence-electron chi connectivity index (χ2n) is 6.87. The van der Waals surface area contributed by atoms with Crippen LogP contribution >= 0.6 is 0 Å². The van der Waals surface area contributed by atoms with E-state index in [4.69, 9.17) is 0 Å². The van der Waals surface area contributed by atoms with Gasteiger partial charge in [0.1, 0.15) is 11.8 Å². The van der Waals surface area contributed by atoms with Gasteiger partial charge in [-0.2, -0.15) is 5.26 Å². The number of carbonyl (C=O) groups excluding carboxylic acids is 1. The summed E-state index contributed by atoms with van der Waals surface area (Å²) in [5.41, 5.74) is 1.92. The first kappa shape index (κ1) is 21.5. The molecule has 30 heavy (non-hydrogen) atoms. The summed E-state index contributed by atoms with van der Waals surface area (Å²) in [6, 6.07) is 14.7. The summed E-state index contributed by atoms with van der Waals surface area (Å²) in [5.74, 6) is -0.587. The summed E-state index contributed by atoms with van der Waals surface area (Å²) in [6.45, 7) is 3.05. The van der Waals surface area contributed by atoms with Crippen LogP contribution in [0.5, 0.6) is 5.75 Å². The van der Waals surface area contributed by atoms with Crippen LogP contribution < -0.4 is 15.0 Å². The zero-order valence-corrected chi connectivity index (χ0v) is 16.2. The maximum atomic E-state index is 12.3. The minimum absolute atomic E-state index is 0.175. The minimum Gasteiger partial charge on any atom is -0.406 e. The summed E-state index contributed by atoms with van der Waals surface area (Å²) in [7, 11) is 0. The molecule has 0 unspecified atom stereocenters. The van der Waals surface area contributed by atoms with Gasteiger partial charge in [-0.15, -0.1) is 13.2 Å². The molecule has 9 heteroatoms. The molecule has 1 aliphatic heterocycles. The highest BCUT2D eigenvalue weighted by Crippen LogP contribution is 2.24. The Balaban J connectivity index is 1.52. The molecule has 1 heterocycles. The van der Waals surface area contributed by atoms with Crippen molar-refractivity contribution in [2.24, 2.45) is 0 Å². The predicted octanol–water partition coefficient (Wildman–Crippen LogP) is 3.61. The number of hydrogen-bond acceptors (Lipinski definition) is 5. The van der Waals surface area contributed by atoms with Gasteiger partial charge in [-0.1, -0.05) is 12.1 Å². The van der Waals surface area contributed by atoms with E-state index in [1.54, 1.807) is 6.07 Å². The number of alkyl halides is 3. The maximum absolute atomic E-state index is 12.3. The fourth-order valence-electron chi connectivity index (χ4n) is 3.36. The van der Waals surface area contributed by atoms with Gasteiger partial charge in [0.15, 0.2) is 0 Å². The van der Waals surface area contributed by atoms with Crippen molar-refractivity contribution in [3.8, 4) is 11.8 Å². The molecule has 0 spiro atoms. The molecular formula is C21H21F3N4O2. The van der Waals surface area contributed by atoms with Crippen LogP contribution in [0.1, 0.15) is 12.0 Å². The molecule has 2 aromatic rings. The van der Waals surface area contributed by atoms with Crippen LogP contribution in [0.25, 0.3) is 0 Å². The molecule has 0 bridgehead atoms. The average Bonchev–Trinajstić information content (AvgIpc) is 2.94. The number of amides is 1. The number of ether oxygens (including phenoxy) is 1. The van der Waals surface area contributed by atoms with Crippen LogP contribution in [-0.2, 0) is 4.79 Å². The summed E-state index contributed by atoms with van der Waals surface area (Å²) in [5, 5.41) is 12.0. The third kappa shape index (κ3) is 6.12. The normalized spacial score (nSPS) is 15.2. The fourth-order valence-corrected chi connectivity index (χ4v) is 3.36. The van der Waals surface area contributed by atoms with Crippen LogP contribution in [0.2, 0.25) is 0 Å². The Morgan fingerprint density at radius 1 is 1.07 bits per heavy atom. The highest BCUT2D eigenvalue weighted by Gasteiger charge is 2.31. The molecule has 0 aromatic heterocycles. The van der Waals surface area contributed by atoms with E-state index in [0.29, 0.717) is 24.3 Å². The molecule has 0 radical (unpaired) electrons. The molecule has 0 aliphatic carbocycles. The van der Waals surface area contributed by atoms with Crippen molar-refractivity contribution in [3.05, 3.63) is 54.1 Å². The molecule has 1 aliphatic rings. The van der Waals surface area contributed by atoms with E-state index >= 15 is 0 Å². The molecule has 6 nitrogen and oxygen atoms in total. The molecule has 0 saturated carbocycles. The second-order valence-corrected chi connectivity index (χ2v) is 6.87. The number of anilines is 2. The summed E-state index contributed by atoms with van der Waals surface area (Å²) < 4.78 is 40.4. The van der Waals surface area contributed by atoms with Crippen molar-refractivity contribution < 1.29 is 22.7 Å². The van der Waals surface area contributed by atoms with Gasteiger partial charge in [-0.05, 0) is 42.8 Å². The zero-order chi connectivity index (χ0) is 21.6. The lowest BCUT2D eigenvalue weighted by molar-refractivity contribution is -0.274. The predicted molar refractivity (Wildman–Crippen MR) is 106 cm³/mol. The third-order valence-corrected chi connectivity index (χ3v) is 4.69. The van der Waals surface area contributed by atoms with Crippen molar-refractivity contribution in [1.29, 1.82) is 5.26 Å². The monoisotopic (exact) mass is 418 g/mol. The molecule has 1 N–H and O–H groups in total. The molecule has 2 aromatic carbocycles. The Morgan fingerprint density at radius 3 is 2.50 bits per heavy atom. The van der Waals surface area contributed by atoms with Crippen LogP contribution in [0, 0.1) is 11.3 Å². The Labute approximate surface area is 172 Å². The van der Waals surface area contributed by atoms with Crippen LogP contribution in [-0.4, -0.2) is 49.9 Å². The Hall–Kier alpha value is -3.25. The highest BCUT2D eigenvalue weighted by atomic mass is 19.4. The number of nitrogens with one attached hydrogen (secondary N) is 1. The number of hydrogen-bond donors (Lipinski definition) is 1. The van der Waals surface area contributed by atoms with Gasteiger partial charge >= 0.3 is 6.36 Å². The molecule has 0 atom stereocenters. The maximum Gasteiger partial charge on any atom is 0.573 e. The topological polar surface area (TPSA) is 68.6 Å². The molecular weight excluding hydrogens is 397 g/mol. The van der Waals surface area contributed by atoms with Crippen LogP contribution in [0.15, 0.2) is 48.5 Å². The van der Waals surface area contributed by atoms with Gasteiger partial charge < -0.3 is 15.0 Å². The quantitative estimate of drug-likeness (QED) is 0.804. The van der Waals surface area contributed by atoms with E-state index in [1.807, 2.05) is 23.1 Å². The first-order valence-corrected chi connectivity index (χ1v) is 9.46. The van der Waals surface area contributed by atoms with Crippen LogP contribution in [0.3, 0.4) is 0 Å². The van der Waals surface area contributed by atoms with E-state index in [2.05, 4.69) is 21.0 Å². The Kier molecular flexibility index (Phi) is 6.79. The lowest BCUT2D eigenvalue weighted by atomic mass is 10.1.